The molecule has 180 valence electrons. The predicted octanol–water partition coefficient (Wildman–Crippen LogP) is 5.31. The fourth-order valence-corrected chi connectivity index (χ4v) is 4.53. The molecule has 1 atom stereocenters. The molecule has 1 unspecified atom stereocenters. The van der Waals surface area contributed by atoms with Crippen LogP contribution < -0.4 is 15.0 Å². The van der Waals surface area contributed by atoms with Crippen molar-refractivity contribution in [2.45, 2.75) is 25.8 Å². The molecule has 3 aromatic carbocycles. The second kappa shape index (κ2) is 11.3. The van der Waals surface area contributed by atoms with E-state index in [0.717, 1.165) is 11.3 Å². The van der Waals surface area contributed by atoms with Gasteiger partial charge in [0.05, 0.1) is 18.7 Å². The van der Waals surface area contributed by atoms with Gasteiger partial charge in [-0.15, -0.1) is 0 Å². The molecule has 1 saturated heterocycles. The summed E-state index contributed by atoms with van der Waals surface area (Å²) in [5.41, 5.74) is 2.40. The van der Waals surface area contributed by atoms with Gasteiger partial charge in [0.15, 0.2) is 5.11 Å². The lowest BCUT2D eigenvalue weighted by Gasteiger charge is -2.24. The summed E-state index contributed by atoms with van der Waals surface area (Å²) in [6.45, 7) is 2.98. The third kappa shape index (κ3) is 5.99. The van der Waals surface area contributed by atoms with Crippen LogP contribution in [0.5, 0.6) is 5.75 Å². The average Bonchev–Trinajstić information content (AvgIpc) is 3.09. The van der Waals surface area contributed by atoms with Crippen molar-refractivity contribution in [2.24, 2.45) is 0 Å². The van der Waals surface area contributed by atoms with Gasteiger partial charge in [-0.3, -0.25) is 14.5 Å². The van der Waals surface area contributed by atoms with Gasteiger partial charge in [0, 0.05) is 17.3 Å². The van der Waals surface area contributed by atoms with Gasteiger partial charge in [0.2, 0.25) is 5.91 Å². The number of rotatable bonds is 9. The van der Waals surface area contributed by atoms with Crippen molar-refractivity contribution in [3.63, 3.8) is 0 Å². The summed E-state index contributed by atoms with van der Waals surface area (Å²) in [4.78, 5) is 29.8. The molecule has 0 aromatic heterocycles. The van der Waals surface area contributed by atoms with Crippen LogP contribution >= 0.6 is 23.8 Å². The quantitative estimate of drug-likeness (QED) is 0.397. The largest absolute Gasteiger partial charge is 0.494 e. The first kappa shape index (κ1) is 24.7. The second-order valence-corrected chi connectivity index (χ2v) is 8.89. The first-order valence-corrected chi connectivity index (χ1v) is 12.2. The monoisotopic (exact) mass is 507 g/mol. The van der Waals surface area contributed by atoms with Gasteiger partial charge in [-0.2, -0.15) is 0 Å². The molecular formula is C27H26ClN3O3S. The number of halogens is 1. The molecule has 0 aliphatic carbocycles. The van der Waals surface area contributed by atoms with Crippen LogP contribution in [0, 0.1) is 0 Å². The van der Waals surface area contributed by atoms with Gasteiger partial charge in [-0.25, -0.2) is 0 Å². The van der Waals surface area contributed by atoms with Crippen molar-refractivity contribution in [1.82, 2.24) is 4.90 Å². The van der Waals surface area contributed by atoms with Gasteiger partial charge in [0.1, 0.15) is 11.8 Å². The first-order valence-electron chi connectivity index (χ1n) is 11.4. The van der Waals surface area contributed by atoms with Crippen molar-refractivity contribution >= 4 is 52.1 Å². The third-order valence-corrected chi connectivity index (χ3v) is 6.38. The number of ether oxygens (including phenoxy) is 1. The normalized spacial score (nSPS) is 15.4. The van der Waals surface area contributed by atoms with E-state index < -0.39 is 6.04 Å². The zero-order valence-corrected chi connectivity index (χ0v) is 20.9. The highest BCUT2D eigenvalue weighted by Gasteiger charge is 2.43. The van der Waals surface area contributed by atoms with Gasteiger partial charge in [0.25, 0.3) is 5.91 Å². The molecule has 4 rings (SSSR count). The summed E-state index contributed by atoms with van der Waals surface area (Å²) in [6.07, 6.45) is 0.639. The van der Waals surface area contributed by atoms with Crippen LogP contribution in [0.2, 0.25) is 5.02 Å². The van der Waals surface area contributed by atoms with E-state index in [-0.39, 0.29) is 18.2 Å². The molecule has 1 fully saturated rings. The van der Waals surface area contributed by atoms with E-state index in [1.165, 1.54) is 4.90 Å². The standard InChI is InChI=1S/C27H26ClN3O3S/c1-2-34-23-14-12-21(13-15-23)29-25(32)18-24-26(33)31(22-6-4-3-5-7-22)27(35)30(24)17-16-19-8-10-20(28)11-9-19/h3-15,24H,2,16-18H2,1H3,(H,29,32). The number of nitrogens with one attached hydrogen (secondary N) is 1. The van der Waals surface area contributed by atoms with E-state index >= 15 is 0 Å². The molecule has 8 heteroatoms. The summed E-state index contributed by atoms with van der Waals surface area (Å²) in [5.74, 6) is 0.259. The molecule has 35 heavy (non-hydrogen) atoms. The predicted molar refractivity (Wildman–Crippen MR) is 143 cm³/mol. The zero-order valence-electron chi connectivity index (χ0n) is 19.3. The van der Waals surface area contributed by atoms with Crippen LogP contribution in [0.3, 0.4) is 0 Å². The van der Waals surface area contributed by atoms with Gasteiger partial charge >= 0.3 is 0 Å². The highest BCUT2D eigenvalue weighted by molar-refractivity contribution is 7.80. The van der Waals surface area contributed by atoms with Crippen molar-refractivity contribution < 1.29 is 14.3 Å². The van der Waals surface area contributed by atoms with E-state index in [9.17, 15) is 9.59 Å². The zero-order chi connectivity index (χ0) is 24.8. The van der Waals surface area contributed by atoms with E-state index in [4.69, 9.17) is 28.6 Å². The fraction of sp³-hybridized carbons (Fsp3) is 0.222. The van der Waals surface area contributed by atoms with Crippen LogP contribution in [0.15, 0.2) is 78.9 Å². The molecule has 1 N–H and O–H groups in total. The van der Waals surface area contributed by atoms with Gasteiger partial charge in [-0.05, 0) is 79.7 Å². The Morgan fingerprint density at radius 2 is 1.71 bits per heavy atom. The third-order valence-electron chi connectivity index (χ3n) is 5.72. The molecule has 1 heterocycles. The molecular weight excluding hydrogens is 482 g/mol. The maximum Gasteiger partial charge on any atom is 0.256 e. The van der Waals surface area contributed by atoms with Crippen LogP contribution in [0.25, 0.3) is 0 Å². The number of amides is 2. The summed E-state index contributed by atoms with van der Waals surface area (Å²) in [6, 6.07) is 23.3. The summed E-state index contributed by atoms with van der Waals surface area (Å²) < 4.78 is 5.45. The number of thiocarbonyl (C=S) groups is 1. The van der Waals surface area contributed by atoms with E-state index in [1.54, 1.807) is 24.3 Å². The number of nitrogens with zero attached hydrogens (tertiary/aromatic N) is 2. The molecule has 3 aromatic rings. The highest BCUT2D eigenvalue weighted by atomic mass is 35.5. The summed E-state index contributed by atoms with van der Waals surface area (Å²) in [5, 5.41) is 3.94. The topological polar surface area (TPSA) is 61.9 Å². The summed E-state index contributed by atoms with van der Waals surface area (Å²) >= 11 is 11.7. The minimum atomic E-state index is -0.697. The molecule has 0 radical (unpaired) electrons. The number of hydrogen-bond donors (Lipinski definition) is 1. The van der Waals surface area contributed by atoms with Gasteiger partial charge in [-0.1, -0.05) is 41.9 Å². The molecule has 0 spiro atoms. The molecule has 1 aliphatic rings. The summed E-state index contributed by atoms with van der Waals surface area (Å²) in [7, 11) is 0. The lowest BCUT2D eigenvalue weighted by Crippen LogP contribution is -2.39. The molecule has 6 nitrogen and oxygen atoms in total. The first-order chi connectivity index (χ1) is 17.0. The second-order valence-electron chi connectivity index (χ2n) is 8.09. The number of benzene rings is 3. The highest BCUT2D eigenvalue weighted by Crippen LogP contribution is 2.28. The Morgan fingerprint density at radius 3 is 2.37 bits per heavy atom. The van der Waals surface area contributed by atoms with Crippen molar-refractivity contribution in [3.05, 3.63) is 89.4 Å². The lowest BCUT2D eigenvalue weighted by molar-refractivity contribution is -0.124. The van der Waals surface area contributed by atoms with E-state index in [2.05, 4.69) is 5.32 Å². The van der Waals surface area contributed by atoms with Crippen LogP contribution in [-0.4, -0.2) is 41.0 Å². The Kier molecular flexibility index (Phi) is 8.00. The number of carbonyl (C=O) groups excluding carboxylic acids is 2. The van der Waals surface area contributed by atoms with Crippen molar-refractivity contribution in [1.29, 1.82) is 0 Å². The molecule has 1 aliphatic heterocycles. The maximum atomic E-state index is 13.5. The Balaban J connectivity index is 1.51. The van der Waals surface area contributed by atoms with Crippen molar-refractivity contribution in [3.8, 4) is 5.75 Å². The van der Waals surface area contributed by atoms with Crippen LogP contribution in [-0.2, 0) is 16.0 Å². The Bertz CT molecular complexity index is 1190. The number of hydrogen-bond acceptors (Lipinski definition) is 4. The SMILES string of the molecule is CCOc1ccc(NC(=O)CC2C(=O)N(c3ccccc3)C(=S)N2CCc2ccc(Cl)cc2)cc1. The number of anilines is 2. The Hall–Kier alpha value is -3.42. The average molecular weight is 508 g/mol. The van der Waals surface area contributed by atoms with Crippen LogP contribution in [0.4, 0.5) is 11.4 Å². The number of para-hydroxylation sites is 1. The lowest BCUT2D eigenvalue weighted by atomic mass is 10.1. The minimum absolute atomic E-state index is 0.0177. The Morgan fingerprint density at radius 1 is 1.03 bits per heavy atom. The Labute approximate surface area is 215 Å². The maximum absolute atomic E-state index is 13.5. The fourth-order valence-electron chi connectivity index (χ4n) is 3.99. The molecule has 0 bridgehead atoms. The van der Waals surface area contributed by atoms with E-state index in [0.29, 0.717) is 41.1 Å². The number of carbonyl (C=O) groups is 2. The van der Waals surface area contributed by atoms with Gasteiger partial charge < -0.3 is 15.0 Å². The van der Waals surface area contributed by atoms with E-state index in [1.807, 2.05) is 66.4 Å². The van der Waals surface area contributed by atoms with Crippen LogP contribution in [0.1, 0.15) is 18.9 Å². The minimum Gasteiger partial charge on any atom is -0.494 e. The smallest absolute Gasteiger partial charge is 0.256 e. The molecule has 2 amide bonds. The molecule has 0 saturated carbocycles. The van der Waals surface area contributed by atoms with Crippen molar-refractivity contribution in [2.75, 3.05) is 23.4 Å².